The lowest BCUT2D eigenvalue weighted by molar-refractivity contribution is -0.0498. The first-order valence-electron chi connectivity index (χ1n) is 7.90. The summed E-state index contributed by atoms with van der Waals surface area (Å²) in [6.45, 7) is -0.812. The maximum atomic E-state index is 12.1. The van der Waals surface area contributed by atoms with Gasteiger partial charge >= 0.3 is 12.6 Å². The minimum Gasteiger partial charge on any atom is -0.435 e. The molecular formula is C17H17F2N5O2. The summed E-state index contributed by atoms with van der Waals surface area (Å²) < 4.78 is 30.3. The number of urea groups is 1. The molecule has 0 aliphatic carbocycles. The summed E-state index contributed by atoms with van der Waals surface area (Å²) in [5, 5.41) is 13.6. The molecule has 0 aliphatic rings. The SMILES string of the molecule is C[C@@H](NC(=O)NCc1ccc(OC(F)F)cc1)c1nnc2ccccn12. The van der Waals surface area contributed by atoms with Crippen LogP contribution in [0.5, 0.6) is 5.75 Å². The average Bonchev–Trinajstić information content (AvgIpc) is 3.05. The van der Waals surface area contributed by atoms with Crippen molar-refractivity contribution in [2.45, 2.75) is 26.1 Å². The normalized spacial score (nSPS) is 12.2. The molecule has 0 unspecified atom stereocenters. The van der Waals surface area contributed by atoms with Gasteiger partial charge in [-0.2, -0.15) is 8.78 Å². The third-order valence-electron chi connectivity index (χ3n) is 3.68. The Morgan fingerprint density at radius 1 is 1.19 bits per heavy atom. The number of nitrogens with zero attached hydrogens (tertiary/aromatic N) is 3. The average molecular weight is 361 g/mol. The van der Waals surface area contributed by atoms with Gasteiger partial charge in [-0.1, -0.05) is 18.2 Å². The van der Waals surface area contributed by atoms with Gasteiger partial charge in [0.2, 0.25) is 0 Å². The molecule has 3 aromatic rings. The van der Waals surface area contributed by atoms with Crippen LogP contribution < -0.4 is 15.4 Å². The Balaban J connectivity index is 1.54. The zero-order chi connectivity index (χ0) is 18.5. The van der Waals surface area contributed by atoms with Crippen LogP contribution in [0.25, 0.3) is 5.65 Å². The van der Waals surface area contributed by atoms with Crippen molar-refractivity contribution in [1.29, 1.82) is 0 Å². The minimum atomic E-state index is -2.86. The number of amides is 2. The lowest BCUT2D eigenvalue weighted by Crippen LogP contribution is -2.37. The summed E-state index contributed by atoms with van der Waals surface area (Å²) in [5.41, 5.74) is 1.45. The number of carbonyl (C=O) groups is 1. The molecule has 1 aromatic carbocycles. The van der Waals surface area contributed by atoms with Crippen molar-refractivity contribution in [3.8, 4) is 5.75 Å². The Morgan fingerprint density at radius 3 is 2.69 bits per heavy atom. The zero-order valence-electron chi connectivity index (χ0n) is 13.9. The predicted octanol–water partition coefficient (Wildman–Crippen LogP) is 2.89. The van der Waals surface area contributed by atoms with Crippen molar-refractivity contribution < 1.29 is 18.3 Å². The molecule has 9 heteroatoms. The van der Waals surface area contributed by atoms with Gasteiger partial charge < -0.3 is 15.4 Å². The summed E-state index contributed by atoms with van der Waals surface area (Å²) in [6, 6.07) is 10.9. The number of halogens is 2. The summed E-state index contributed by atoms with van der Waals surface area (Å²) >= 11 is 0. The molecule has 0 saturated heterocycles. The number of benzene rings is 1. The molecule has 2 aromatic heterocycles. The first kappa shape index (κ1) is 17.6. The molecule has 0 aliphatic heterocycles. The highest BCUT2D eigenvalue weighted by atomic mass is 19.3. The highest BCUT2D eigenvalue weighted by Gasteiger charge is 2.15. The van der Waals surface area contributed by atoms with Crippen LogP contribution in [0.1, 0.15) is 24.4 Å². The van der Waals surface area contributed by atoms with Crippen molar-refractivity contribution in [1.82, 2.24) is 25.2 Å². The number of alkyl halides is 2. The molecule has 0 spiro atoms. The van der Waals surface area contributed by atoms with Gasteiger partial charge in [-0.15, -0.1) is 10.2 Å². The van der Waals surface area contributed by atoms with Gasteiger partial charge in [-0.3, -0.25) is 4.40 Å². The lowest BCUT2D eigenvalue weighted by Gasteiger charge is -2.13. The molecule has 3 rings (SSSR count). The van der Waals surface area contributed by atoms with Crippen LogP contribution in [-0.2, 0) is 6.54 Å². The Bertz CT molecular complexity index is 882. The van der Waals surface area contributed by atoms with E-state index in [1.54, 1.807) is 23.5 Å². The van der Waals surface area contributed by atoms with Crippen molar-refractivity contribution >= 4 is 11.7 Å². The van der Waals surface area contributed by atoms with Crippen LogP contribution >= 0.6 is 0 Å². The second kappa shape index (κ2) is 7.77. The van der Waals surface area contributed by atoms with Gasteiger partial charge in [-0.25, -0.2) is 4.79 Å². The molecule has 0 saturated carbocycles. The van der Waals surface area contributed by atoms with Crippen LogP contribution in [-0.4, -0.2) is 27.2 Å². The molecular weight excluding hydrogens is 344 g/mol. The van der Waals surface area contributed by atoms with Crippen LogP contribution in [0.3, 0.4) is 0 Å². The van der Waals surface area contributed by atoms with Gasteiger partial charge in [-0.05, 0) is 36.8 Å². The standard InChI is InChI=1S/C17H17F2N5O2/c1-11(15-23-22-14-4-2-3-9-24(14)15)21-17(25)20-10-12-5-7-13(8-6-12)26-16(18)19/h2-9,11,16H,10H2,1H3,(H2,20,21,25)/t11-/m1/s1. The number of carbonyl (C=O) groups excluding carboxylic acids is 1. The zero-order valence-corrected chi connectivity index (χ0v) is 13.9. The van der Waals surface area contributed by atoms with E-state index in [1.807, 2.05) is 24.4 Å². The van der Waals surface area contributed by atoms with Crippen molar-refractivity contribution in [3.05, 3.63) is 60.0 Å². The summed E-state index contributed by atoms with van der Waals surface area (Å²) in [5.74, 6) is 0.685. The Labute approximate surface area is 148 Å². The van der Waals surface area contributed by atoms with E-state index in [2.05, 4.69) is 25.6 Å². The molecule has 2 amide bonds. The number of hydrogen-bond donors (Lipinski definition) is 2. The molecule has 0 fully saturated rings. The fraction of sp³-hybridized carbons (Fsp3) is 0.235. The first-order chi connectivity index (χ1) is 12.5. The van der Waals surface area contributed by atoms with Crippen molar-refractivity contribution in [2.75, 3.05) is 0 Å². The maximum absolute atomic E-state index is 12.1. The quantitative estimate of drug-likeness (QED) is 0.707. The van der Waals surface area contributed by atoms with Crippen LogP contribution in [0.2, 0.25) is 0 Å². The van der Waals surface area contributed by atoms with E-state index in [4.69, 9.17) is 0 Å². The third-order valence-corrected chi connectivity index (χ3v) is 3.68. The maximum Gasteiger partial charge on any atom is 0.387 e. The topological polar surface area (TPSA) is 80.5 Å². The van der Waals surface area contributed by atoms with Gasteiger partial charge in [0.05, 0.1) is 6.04 Å². The summed E-state index contributed by atoms with van der Waals surface area (Å²) in [4.78, 5) is 12.1. The fourth-order valence-corrected chi connectivity index (χ4v) is 2.44. The lowest BCUT2D eigenvalue weighted by atomic mass is 10.2. The van der Waals surface area contributed by atoms with E-state index in [1.165, 1.54) is 12.1 Å². The van der Waals surface area contributed by atoms with Gasteiger partial charge in [0, 0.05) is 12.7 Å². The third kappa shape index (κ3) is 4.24. The summed E-state index contributed by atoms with van der Waals surface area (Å²) in [6.07, 6.45) is 1.82. The molecule has 2 heterocycles. The number of ether oxygens (including phenoxy) is 1. The van der Waals surface area contributed by atoms with E-state index in [9.17, 15) is 13.6 Å². The van der Waals surface area contributed by atoms with Crippen LogP contribution in [0.15, 0.2) is 48.7 Å². The molecule has 0 radical (unpaired) electrons. The largest absolute Gasteiger partial charge is 0.435 e. The Morgan fingerprint density at radius 2 is 1.96 bits per heavy atom. The number of pyridine rings is 1. The minimum absolute atomic E-state index is 0.0699. The molecule has 0 bridgehead atoms. The number of hydrogen-bond acceptors (Lipinski definition) is 4. The second-order valence-electron chi connectivity index (χ2n) is 5.56. The van der Waals surface area contributed by atoms with E-state index >= 15 is 0 Å². The number of fused-ring (bicyclic) bond motifs is 1. The smallest absolute Gasteiger partial charge is 0.387 e. The monoisotopic (exact) mass is 361 g/mol. The molecule has 26 heavy (non-hydrogen) atoms. The van der Waals surface area contributed by atoms with E-state index in [-0.39, 0.29) is 24.4 Å². The van der Waals surface area contributed by atoms with Gasteiger partial charge in [0.15, 0.2) is 11.5 Å². The molecule has 1 atom stereocenters. The van der Waals surface area contributed by atoms with Crippen LogP contribution in [0.4, 0.5) is 13.6 Å². The number of rotatable bonds is 6. The molecule has 7 nitrogen and oxygen atoms in total. The highest BCUT2D eigenvalue weighted by Crippen LogP contribution is 2.15. The Kier molecular flexibility index (Phi) is 5.26. The van der Waals surface area contributed by atoms with Gasteiger partial charge in [0.1, 0.15) is 5.75 Å². The summed E-state index contributed by atoms with van der Waals surface area (Å²) in [7, 11) is 0. The van der Waals surface area contributed by atoms with Crippen molar-refractivity contribution in [2.24, 2.45) is 0 Å². The molecule has 136 valence electrons. The van der Waals surface area contributed by atoms with Gasteiger partial charge in [0.25, 0.3) is 0 Å². The predicted molar refractivity (Wildman–Crippen MR) is 89.8 cm³/mol. The second-order valence-corrected chi connectivity index (χ2v) is 5.56. The van der Waals surface area contributed by atoms with Crippen LogP contribution in [0, 0.1) is 0 Å². The van der Waals surface area contributed by atoms with Crippen molar-refractivity contribution in [3.63, 3.8) is 0 Å². The first-order valence-corrected chi connectivity index (χ1v) is 7.90. The van der Waals surface area contributed by atoms with E-state index in [0.717, 1.165) is 5.56 Å². The van der Waals surface area contributed by atoms with E-state index in [0.29, 0.717) is 11.5 Å². The Hall–Kier alpha value is -3.23. The van der Waals surface area contributed by atoms with E-state index < -0.39 is 6.61 Å². The fourth-order valence-electron chi connectivity index (χ4n) is 2.44. The number of aromatic nitrogens is 3. The number of nitrogens with one attached hydrogen (secondary N) is 2. The highest BCUT2D eigenvalue weighted by molar-refractivity contribution is 5.74. The molecule has 2 N–H and O–H groups in total.